The van der Waals surface area contributed by atoms with Gasteiger partial charge < -0.3 is 14.8 Å². The predicted octanol–water partition coefficient (Wildman–Crippen LogP) is 2.50. The van der Waals surface area contributed by atoms with Crippen LogP contribution in [0.15, 0.2) is 18.2 Å². The molecule has 1 aliphatic heterocycles. The second kappa shape index (κ2) is 6.82. The van der Waals surface area contributed by atoms with E-state index in [0.717, 1.165) is 25.5 Å². The molecule has 1 saturated heterocycles. The van der Waals surface area contributed by atoms with Crippen LogP contribution in [0, 0.1) is 11.6 Å². The van der Waals surface area contributed by atoms with Crippen molar-refractivity contribution in [3.8, 4) is 5.75 Å². The van der Waals surface area contributed by atoms with Crippen molar-refractivity contribution in [2.75, 3.05) is 19.8 Å². The van der Waals surface area contributed by atoms with E-state index in [1.165, 1.54) is 12.1 Å². The highest BCUT2D eigenvalue weighted by Crippen LogP contribution is 2.16. The van der Waals surface area contributed by atoms with E-state index in [-0.39, 0.29) is 17.9 Å². The minimum Gasteiger partial charge on any atom is -0.492 e. The first-order valence-corrected chi connectivity index (χ1v) is 6.59. The zero-order chi connectivity index (χ0) is 13.7. The van der Waals surface area contributed by atoms with E-state index in [0.29, 0.717) is 13.2 Å². The summed E-state index contributed by atoms with van der Waals surface area (Å²) >= 11 is 0. The molecule has 3 nitrogen and oxygen atoms in total. The van der Waals surface area contributed by atoms with Gasteiger partial charge >= 0.3 is 0 Å². The number of hydrogen-bond donors (Lipinski definition) is 1. The van der Waals surface area contributed by atoms with Crippen LogP contribution >= 0.6 is 0 Å². The highest BCUT2D eigenvalue weighted by atomic mass is 19.1. The molecule has 0 saturated carbocycles. The smallest absolute Gasteiger partial charge is 0.129 e. The number of hydrogen-bond acceptors (Lipinski definition) is 3. The number of rotatable bonds is 6. The number of benzene rings is 1. The van der Waals surface area contributed by atoms with Crippen LogP contribution in [0.2, 0.25) is 0 Å². The molecular weight excluding hydrogens is 252 g/mol. The molecule has 2 atom stereocenters. The molecule has 0 amide bonds. The first-order valence-electron chi connectivity index (χ1n) is 6.59. The van der Waals surface area contributed by atoms with E-state index in [4.69, 9.17) is 9.47 Å². The molecular formula is C14H19F2NO2. The minimum atomic E-state index is -0.629. The summed E-state index contributed by atoms with van der Waals surface area (Å²) in [6.07, 6.45) is 2.44. The fourth-order valence-corrected chi connectivity index (χ4v) is 2.20. The van der Waals surface area contributed by atoms with Crippen molar-refractivity contribution in [3.63, 3.8) is 0 Å². The van der Waals surface area contributed by atoms with Crippen molar-refractivity contribution < 1.29 is 18.3 Å². The second-order valence-corrected chi connectivity index (χ2v) is 4.75. The molecule has 1 N–H and O–H groups in total. The normalized spacial score (nSPS) is 20.5. The zero-order valence-electron chi connectivity index (χ0n) is 11.0. The van der Waals surface area contributed by atoms with Gasteiger partial charge in [0.05, 0.1) is 6.10 Å². The summed E-state index contributed by atoms with van der Waals surface area (Å²) in [6.45, 7) is 3.87. The van der Waals surface area contributed by atoms with Gasteiger partial charge in [-0.05, 0) is 19.8 Å². The minimum absolute atomic E-state index is 0.212. The Morgan fingerprint density at radius 1 is 1.37 bits per heavy atom. The molecule has 19 heavy (non-hydrogen) atoms. The summed E-state index contributed by atoms with van der Waals surface area (Å²) in [7, 11) is 0. The molecule has 0 radical (unpaired) electrons. The monoisotopic (exact) mass is 271 g/mol. The molecule has 2 rings (SSSR count). The molecule has 1 aromatic rings. The lowest BCUT2D eigenvalue weighted by atomic mass is 10.1. The van der Waals surface area contributed by atoms with E-state index >= 15 is 0 Å². The average molecular weight is 271 g/mol. The number of nitrogens with one attached hydrogen (secondary N) is 1. The maximum Gasteiger partial charge on any atom is 0.129 e. The van der Waals surface area contributed by atoms with Gasteiger partial charge in [0.1, 0.15) is 24.0 Å². The first-order chi connectivity index (χ1) is 9.15. The van der Waals surface area contributed by atoms with Crippen molar-refractivity contribution >= 4 is 0 Å². The van der Waals surface area contributed by atoms with Crippen LogP contribution < -0.4 is 10.1 Å². The Morgan fingerprint density at radius 2 is 2.11 bits per heavy atom. The van der Waals surface area contributed by atoms with Gasteiger partial charge in [0.2, 0.25) is 0 Å². The van der Waals surface area contributed by atoms with E-state index in [1.54, 1.807) is 0 Å². The Bertz CT molecular complexity index is 388. The van der Waals surface area contributed by atoms with Crippen LogP contribution in [0.3, 0.4) is 0 Å². The SMILES string of the molecule is CC(NCCOc1cc(F)cc(F)c1)C1CCCO1. The van der Waals surface area contributed by atoms with Gasteiger partial charge in [-0.3, -0.25) is 0 Å². The molecule has 1 aromatic carbocycles. The van der Waals surface area contributed by atoms with E-state index in [2.05, 4.69) is 12.2 Å². The van der Waals surface area contributed by atoms with Crippen molar-refractivity contribution in [2.45, 2.75) is 31.9 Å². The topological polar surface area (TPSA) is 30.5 Å². The predicted molar refractivity (Wildman–Crippen MR) is 68.3 cm³/mol. The van der Waals surface area contributed by atoms with Crippen LogP contribution in [0.1, 0.15) is 19.8 Å². The highest BCUT2D eigenvalue weighted by Gasteiger charge is 2.21. The van der Waals surface area contributed by atoms with Gasteiger partial charge in [-0.15, -0.1) is 0 Å². The summed E-state index contributed by atoms with van der Waals surface area (Å²) < 4.78 is 36.7. The molecule has 5 heteroatoms. The molecule has 1 fully saturated rings. The quantitative estimate of drug-likeness (QED) is 0.806. The summed E-state index contributed by atoms with van der Waals surface area (Å²) in [5, 5.41) is 3.29. The lowest BCUT2D eigenvalue weighted by Gasteiger charge is -2.20. The van der Waals surface area contributed by atoms with Crippen LogP contribution in [-0.4, -0.2) is 31.9 Å². The third kappa shape index (κ3) is 4.44. The van der Waals surface area contributed by atoms with Crippen molar-refractivity contribution in [3.05, 3.63) is 29.8 Å². The van der Waals surface area contributed by atoms with Crippen molar-refractivity contribution in [1.29, 1.82) is 0 Å². The third-order valence-corrected chi connectivity index (χ3v) is 3.20. The van der Waals surface area contributed by atoms with Gasteiger partial charge in [-0.25, -0.2) is 8.78 Å². The first kappa shape index (κ1) is 14.2. The Balaban J connectivity index is 1.68. The van der Waals surface area contributed by atoms with Crippen LogP contribution in [-0.2, 0) is 4.74 Å². The lowest BCUT2D eigenvalue weighted by Crippen LogP contribution is -2.39. The van der Waals surface area contributed by atoms with Gasteiger partial charge in [0.15, 0.2) is 0 Å². The maximum atomic E-state index is 12.9. The summed E-state index contributed by atoms with van der Waals surface area (Å²) in [5.41, 5.74) is 0. The standard InChI is InChI=1S/C14H19F2NO2/c1-10(14-3-2-5-19-14)17-4-6-18-13-8-11(15)7-12(16)9-13/h7-10,14,17H,2-6H2,1H3. The second-order valence-electron chi connectivity index (χ2n) is 4.75. The molecule has 0 bridgehead atoms. The van der Waals surface area contributed by atoms with E-state index in [9.17, 15) is 8.78 Å². The molecule has 0 aliphatic carbocycles. The zero-order valence-corrected chi connectivity index (χ0v) is 11.0. The van der Waals surface area contributed by atoms with Gasteiger partial charge in [0, 0.05) is 37.4 Å². The number of halogens is 2. The van der Waals surface area contributed by atoms with Gasteiger partial charge in [0.25, 0.3) is 0 Å². The van der Waals surface area contributed by atoms with E-state index in [1.807, 2.05) is 0 Å². The Morgan fingerprint density at radius 3 is 2.74 bits per heavy atom. The molecule has 2 unspecified atom stereocenters. The summed E-state index contributed by atoms with van der Waals surface area (Å²) in [4.78, 5) is 0. The third-order valence-electron chi connectivity index (χ3n) is 3.20. The Labute approximate surface area is 111 Å². The molecule has 1 heterocycles. The fourth-order valence-electron chi connectivity index (χ4n) is 2.20. The molecule has 106 valence electrons. The largest absolute Gasteiger partial charge is 0.492 e. The van der Waals surface area contributed by atoms with Crippen molar-refractivity contribution in [2.24, 2.45) is 0 Å². The lowest BCUT2D eigenvalue weighted by molar-refractivity contribution is 0.0824. The van der Waals surface area contributed by atoms with Gasteiger partial charge in [-0.2, -0.15) is 0 Å². The Kier molecular flexibility index (Phi) is 5.10. The van der Waals surface area contributed by atoms with Crippen LogP contribution in [0.25, 0.3) is 0 Å². The molecule has 0 spiro atoms. The number of ether oxygens (including phenoxy) is 2. The van der Waals surface area contributed by atoms with Crippen LogP contribution in [0.4, 0.5) is 8.78 Å². The molecule has 0 aromatic heterocycles. The van der Waals surface area contributed by atoms with Crippen LogP contribution in [0.5, 0.6) is 5.75 Å². The maximum absolute atomic E-state index is 12.9. The average Bonchev–Trinajstić information content (AvgIpc) is 2.87. The van der Waals surface area contributed by atoms with Gasteiger partial charge in [-0.1, -0.05) is 0 Å². The van der Waals surface area contributed by atoms with E-state index < -0.39 is 11.6 Å². The molecule has 1 aliphatic rings. The Hall–Kier alpha value is -1.20. The summed E-state index contributed by atoms with van der Waals surface area (Å²) in [6, 6.07) is 3.43. The fraction of sp³-hybridized carbons (Fsp3) is 0.571. The van der Waals surface area contributed by atoms with Crippen molar-refractivity contribution in [1.82, 2.24) is 5.32 Å². The highest BCUT2D eigenvalue weighted by molar-refractivity contribution is 5.23. The summed E-state index contributed by atoms with van der Waals surface area (Å²) in [5.74, 6) is -1.05.